The number of fused-ring (bicyclic) bond motifs is 1. The quantitative estimate of drug-likeness (QED) is 0.752. The van der Waals surface area contributed by atoms with Crippen molar-refractivity contribution in [1.82, 2.24) is 9.97 Å². The Bertz CT molecular complexity index is 877. The zero-order chi connectivity index (χ0) is 17.2. The van der Waals surface area contributed by atoms with Crippen molar-refractivity contribution in [1.29, 1.82) is 0 Å². The highest BCUT2D eigenvalue weighted by Gasteiger charge is 2.21. The molecule has 0 atom stereocenters. The minimum atomic E-state index is 0.124. The lowest BCUT2D eigenvalue weighted by Gasteiger charge is -2.21. The summed E-state index contributed by atoms with van der Waals surface area (Å²) in [4.78, 5) is 21.2. The normalized spacial score (nSPS) is 15.4. The number of aryl methyl sites for hydroxylation is 1. The molecule has 0 unspecified atom stereocenters. The van der Waals surface area contributed by atoms with Crippen molar-refractivity contribution in [2.45, 2.75) is 39.0 Å². The minimum Gasteiger partial charge on any atom is -0.434 e. The van der Waals surface area contributed by atoms with Gasteiger partial charge in [-0.1, -0.05) is 25.3 Å². The second-order valence-corrected chi connectivity index (χ2v) is 6.70. The first-order valence-electron chi connectivity index (χ1n) is 8.84. The molecule has 3 aromatic rings. The van der Waals surface area contributed by atoms with Crippen LogP contribution in [0.3, 0.4) is 0 Å². The van der Waals surface area contributed by atoms with Crippen LogP contribution >= 0.6 is 0 Å². The first kappa shape index (κ1) is 15.8. The van der Waals surface area contributed by atoms with Crippen molar-refractivity contribution in [3.8, 4) is 11.5 Å². The number of hydrogen-bond donors (Lipinski definition) is 1. The molecule has 0 bridgehead atoms. The maximum atomic E-state index is 12.5. The number of rotatable bonds is 3. The van der Waals surface area contributed by atoms with Crippen LogP contribution in [0.5, 0.6) is 0 Å². The van der Waals surface area contributed by atoms with Crippen molar-refractivity contribution in [2.24, 2.45) is 5.92 Å². The third kappa shape index (κ3) is 3.27. The number of carbonyl (C=O) groups excluding carboxylic acids is 1. The Morgan fingerprint density at radius 3 is 2.84 bits per heavy atom. The molecule has 1 N–H and O–H groups in total. The summed E-state index contributed by atoms with van der Waals surface area (Å²) in [5.41, 5.74) is 3.93. The lowest BCUT2D eigenvalue weighted by molar-refractivity contribution is -0.120. The van der Waals surface area contributed by atoms with Gasteiger partial charge in [-0.25, -0.2) is 4.98 Å². The maximum absolute atomic E-state index is 12.5. The van der Waals surface area contributed by atoms with Gasteiger partial charge in [-0.05, 0) is 49.6 Å². The molecule has 0 radical (unpaired) electrons. The van der Waals surface area contributed by atoms with Crippen molar-refractivity contribution in [3.63, 3.8) is 0 Å². The van der Waals surface area contributed by atoms with E-state index in [-0.39, 0.29) is 11.8 Å². The average Bonchev–Trinajstić information content (AvgIpc) is 3.08. The molecule has 1 aliphatic carbocycles. The van der Waals surface area contributed by atoms with Crippen molar-refractivity contribution >= 4 is 22.8 Å². The van der Waals surface area contributed by atoms with Gasteiger partial charge < -0.3 is 9.73 Å². The summed E-state index contributed by atoms with van der Waals surface area (Å²) >= 11 is 0. The number of aromatic nitrogens is 2. The molecule has 4 rings (SSSR count). The number of nitrogens with one attached hydrogen (secondary N) is 1. The van der Waals surface area contributed by atoms with E-state index in [1.807, 2.05) is 37.3 Å². The average molecular weight is 335 g/mol. The Balaban J connectivity index is 1.60. The summed E-state index contributed by atoms with van der Waals surface area (Å²) < 4.78 is 5.78. The molecule has 0 aliphatic heterocycles. The van der Waals surface area contributed by atoms with E-state index in [2.05, 4.69) is 15.3 Å². The van der Waals surface area contributed by atoms with E-state index in [0.717, 1.165) is 42.5 Å². The van der Waals surface area contributed by atoms with Gasteiger partial charge in [0.25, 0.3) is 0 Å². The first-order chi connectivity index (χ1) is 12.2. The second kappa shape index (κ2) is 6.67. The topological polar surface area (TPSA) is 68.0 Å². The molecule has 5 nitrogen and oxygen atoms in total. The van der Waals surface area contributed by atoms with Crippen LogP contribution in [0.15, 0.2) is 40.9 Å². The molecule has 5 heteroatoms. The van der Waals surface area contributed by atoms with Gasteiger partial charge in [-0.3, -0.25) is 4.79 Å². The fraction of sp³-hybridized carbons (Fsp3) is 0.350. The molecule has 1 saturated carbocycles. The Kier molecular flexibility index (Phi) is 4.22. The number of hydrogen-bond acceptors (Lipinski definition) is 4. The number of pyridine rings is 1. The van der Waals surface area contributed by atoms with Gasteiger partial charge in [-0.15, -0.1) is 0 Å². The first-order valence-corrected chi connectivity index (χ1v) is 8.84. The van der Waals surface area contributed by atoms with E-state index in [1.54, 1.807) is 6.20 Å². The molecule has 128 valence electrons. The summed E-state index contributed by atoms with van der Waals surface area (Å²) in [6, 6.07) is 9.53. The third-order valence-electron chi connectivity index (χ3n) is 4.88. The minimum absolute atomic E-state index is 0.124. The predicted octanol–water partition coefficient (Wildman–Crippen LogP) is 4.72. The SMILES string of the molecule is Cc1ccc(-c2nc3ncccc3o2)cc1NC(=O)C1CCCCC1. The summed E-state index contributed by atoms with van der Waals surface area (Å²) in [7, 11) is 0. The fourth-order valence-electron chi connectivity index (χ4n) is 3.38. The van der Waals surface area contributed by atoms with Crippen molar-refractivity contribution in [2.75, 3.05) is 5.32 Å². The Hall–Kier alpha value is -2.69. The van der Waals surface area contributed by atoms with Crippen LogP contribution in [0.1, 0.15) is 37.7 Å². The van der Waals surface area contributed by atoms with Crippen LogP contribution < -0.4 is 5.32 Å². The molecule has 1 aliphatic rings. The molecule has 1 fully saturated rings. The highest BCUT2D eigenvalue weighted by Crippen LogP contribution is 2.29. The number of anilines is 1. The number of nitrogens with zero attached hydrogens (tertiary/aromatic N) is 2. The number of benzene rings is 1. The van der Waals surface area contributed by atoms with Gasteiger partial charge in [0.05, 0.1) is 0 Å². The summed E-state index contributed by atoms with van der Waals surface area (Å²) in [5, 5.41) is 3.10. The van der Waals surface area contributed by atoms with Gasteiger partial charge in [0.2, 0.25) is 11.8 Å². The van der Waals surface area contributed by atoms with Gasteiger partial charge in [0.1, 0.15) is 0 Å². The Morgan fingerprint density at radius 2 is 2.04 bits per heavy atom. The fourth-order valence-corrected chi connectivity index (χ4v) is 3.38. The number of amides is 1. The standard InChI is InChI=1S/C20H21N3O2/c1-13-9-10-15(20-23-18-17(25-20)8-5-11-21-18)12-16(13)22-19(24)14-6-3-2-4-7-14/h5,8-12,14H,2-4,6-7H2,1H3,(H,22,24). The van der Waals surface area contributed by atoms with Gasteiger partial charge >= 0.3 is 0 Å². The van der Waals surface area contributed by atoms with Crippen molar-refractivity contribution < 1.29 is 9.21 Å². The summed E-state index contributed by atoms with van der Waals surface area (Å²) in [6.45, 7) is 1.99. The number of oxazole rings is 1. The highest BCUT2D eigenvalue weighted by atomic mass is 16.3. The largest absolute Gasteiger partial charge is 0.434 e. The maximum Gasteiger partial charge on any atom is 0.228 e. The van der Waals surface area contributed by atoms with Crippen LogP contribution in [-0.2, 0) is 4.79 Å². The molecular weight excluding hydrogens is 314 g/mol. The van der Waals surface area contributed by atoms with E-state index < -0.39 is 0 Å². The van der Waals surface area contributed by atoms with Crippen LogP contribution in [0.4, 0.5) is 5.69 Å². The van der Waals surface area contributed by atoms with E-state index >= 15 is 0 Å². The highest BCUT2D eigenvalue weighted by molar-refractivity contribution is 5.94. The smallest absolute Gasteiger partial charge is 0.228 e. The van der Waals surface area contributed by atoms with Gasteiger partial charge in [0.15, 0.2) is 11.2 Å². The molecule has 2 aromatic heterocycles. The lowest BCUT2D eigenvalue weighted by atomic mass is 9.88. The van der Waals surface area contributed by atoms with Gasteiger partial charge in [0, 0.05) is 23.4 Å². The van der Waals surface area contributed by atoms with E-state index in [4.69, 9.17) is 4.42 Å². The molecule has 25 heavy (non-hydrogen) atoms. The molecule has 0 spiro atoms. The van der Waals surface area contributed by atoms with E-state index in [0.29, 0.717) is 17.1 Å². The predicted molar refractivity (Wildman–Crippen MR) is 97.2 cm³/mol. The molecule has 0 saturated heterocycles. The van der Waals surface area contributed by atoms with Crippen molar-refractivity contribution in [3.05, 3.63) is 42.1 Å². The molecule has 1 aromatic carbocycles. The summed E-state index contributed by atoms with van der Waals surface area (Å²) in [6.07, 6.45) is 7.20. The number of carbonyl (C=O) groups is 1. The zero-order valence-electron chi connectivity index (χ0n) is 14.3. The molecule has 2 heterocycles. The van der Waals surface area contributed by atoms with Crippen LogP contribution in [0.25, 0.3) is 22.7 Å². The van der Waals surface area contributed by atoms with Crippen LogP contribution in [-0.4, -0.2) is 15.9 Å². The third-order valence-corrected chi connectivity index (χ3v) is 4.88. The Morgan fingerprint density at radius 1 is 1.20 bits per heavy atom. The van der Waals surface area contributed by atoms with E-state index in [1.165, 1.54) is 6.42 Å². The second-order valence-electron chi connectivity index (χ2n) is 6.70. The van der Waals surface area contributed by atoms with Crippen LogP contribution in [0.2, 0.25) is 0 Å². The van der Waals surface area contributed by atoms with E-state index in [9.17, 15) is 4.79 Å². The molecule has 1 amide bonds. The van der Waals surface area contributed by atoms with Crippen LogP contribution in [0, 0.1) is 12.8 Å². The molecular formula is C20H21N3O2. The lowest BCUT2D eigenvalue weighted by Crippen LogP contribution is -2.25. The monoisotopic (exact) mass is 335 g/mol. The summed E-state index contributed by atoms with van der Waals surface area (Å²) in [5.74, 6) is 0.770. The Labute approximate surface area is 146 Å². The van der Waals surface area contributed by atoms with Gasteiger partial charge in [-0.2, -0.15) is 4.98 Å². The zero-order valence-corrected chi connectivity index (χ0v) is 14.3.